The van der Waals surface area contributed by atoms with Gasteiger partial charge in [-0.3, -0.25) is 9.59 Å². The number of carboxylic acids is 1. The topological polar surface area (TPSA) is 92.9 Å². The van der Waals surface area contributed by atoms with Gasteiger partial charge in [-0.05, 0) is 6.42 Å². The number of carboxylic acid groups (broad SMARTS) is 1. The monoisotopic (exact) mass is 268 g/mol. The molecule has 1 rings (SSSR count). The van der Waals surface area contributed by atoms with Gasteiger partial charge in [-0.25, -0.2) is 0 Å². The lowest BCUT2D eigenvalue weighted by Gasteiger charge is -2.31. The highest BCUT2D eigenvalue weighted by molar-refractivity contribution is 5.83. The van der Waals surface area contributed by atoms with E-state index < -0.39 is 24.0 Å². The first kappa shape index (κ1) is 15.5. The summed E-state index contributed by atoms with van der Waals surface area (Å²) in [5.41, 5.74) is 5.73. The van der Waals surface area contributed by atoms with Crippen molar-refractivity contribution >= 4 is 11.9 Å². The van der Waals surface area contributed by atoms with Crippen molar-refractivity contribution in [1.29, 1.82) is 0 Å². The van der Waals surface area contributed by atoms with Crippen LogP contribution in [-0.2, 0) is 14.3 Å². The van der Waals surface area contributed by atoms with E-state index in [1.807, 2.05) is 6.92 Å². The van der Waals surface area contributed by atoms with Crippen molar-refractivity contribution in [1.82, 2.24) is 4.90 Å². The number of aliphatic carboxylic acids is 1. The maximum atomic E-state index is 12.2. The Kier molecular flexibility index (Phi) is 5.80. The highest BCUT2D eigenvalue weighted by Gasteiger charge is 2.40. The summed E-state index contributed by atoms with van der Waals surface area (Å²) in [5.74, 6) is 0.389. The van der Waals surface area contributed by atoms with E-state index in [0.717, 1.165) is 6.42 Å². The van der Waals surface area contributed by atoms with Gasteiger partial charge in [-0.1, -0.05) is 6.92 Å². The fourth-order valence-corrected chi connectivity index (χ4v) is 2.19. The molecule has 1 amide bonds. The highest BCUT2D eigenvalue weighted by atomic mass is 16.5. The number of rotatable bonds is 6. The van der Waals surface area contributed by atoms with E-state index in [0.29, 0.717) is 6.54 Å². The second-order valence-corrected chi connectivity index (χ2v) is 4.60. The van der Waals surface area contributed by atoms with E-state index in [9.17, 15) is 9.59 Å². The number of amides is 1. The van der Waals surface area contributed by atoms with Crippen molar-refractivity contribution in [3.8, 4) is 12.3 Å². The van der Waals surface area contributed by atoms with Gasteiger partial charge in [0.25, 0.3) is 0 Å². The van der Waals surface area contributed by atoms with Crippen LogP contribution in [0.15, 0.2) is 0 Å². The molecule has 106 valence electrons. The molecule has 1 aliphatic heterocycles. The molecule has 1 fully saturated rings. The molecule has 3 N–H and O–H groups in total. The second kappa shape index (κ2) is 7.12. The number of terminal acetylenes is 1. The minimum Gasteiger partial charge on any atom is -0.481 e. The van der Waals surface area contributed by atoms with Crippen LogP contribution in [0.1, 0.15) is 19.8 Å². The van der Waals surface area contributed by atoms with E-state index in [-0.39, 0.29) is 25.5 Å². The van der Waals surface area contributed by atoms with Gasteiger partial charge in [0.1, 0.15) is 5.92 Å². The molecule has 0 radical (unpaired) electrons. The fraction of sp³-hybridized carbons (Fsp3) is 0.692. The summed E-state index contributed by atoms with van der Waals surface area (Å²) in [5, 5.41) is 9.14. The van der Waals surface area contributed by atoms with Gasteiger partial charge in [-0.2, -0.15) is 0 Å². The quantitative estimate of drug-likeness (QED) is 0.644. The molecule has 1 aliphatic rings. The predicted octanol–water partition coefficient (Wildman–Crippen LogP) is -0.325. The van der Waals surface area contributed by atoms with Crippen molar-refractivity contribution in [2.75, 3.05) is 19.8 Å². The molecule has 0 aromatic heterocycles. The van der Waals surface area contributed by atoms with Crippen LogP contribution >= 0.6 is 0 Å². The zero-order chi connectivity index (χ0) is 14.4. The molecule has 19 heavy (non-hydrogen) atoms. The lowest BCUT2D eigenvalue weighted by molar-refractivity contribution is -0.145. The number of ether oxygens (including phenoxy) is 1. The van der Waals surface area contributed by atoms with E-state index in [1.54, 1.807) is 0 Å². The molecule has 6 heteroatoms. The Morgan fingerprint density at radius 1 is 1.58 bits per heavy atom. The number of carbonyl (C=O) groups excluding carboxylic acids is 1. The number of carbonyl (C=O) groups is 2. The third-order valence-corrected chi connectivity index (χ3v) is 3.17. The number of nitrogens with zero attached hydrogens (tertiary/aromatic N) is 1. The Hall–Kier alpha value is -1.58. The fourth-order valence-electron chi connectivity index (χ4n) is 2.19. The van der Waals surface area contributed by atoms with Crippen LogP contribution < -0.4 is 5.73 Å². The van der Waals surface area contributed by atoms with Crippen molar-refractivity contribution in [2.24, 2.45) is 11.7 Å². The first-order valence-electron chi connectivity index (χ1n) is 6.33. The Balaban J connectivity index is 2.84. The van der Waals surface area contributed by atoms with Crippen molar-refractivity contribution in [3.63, 3.8) is 0 Å². The molecule has 0 saturated carbocycles. The molecule has 0 aromatic rings. The zero-order valence-electron chi connectivity index (χ0n) is 11.0. The molecule has 1 saturated heterocycles. The van der Waals surface area contributed by atoms with Crippen LogP contribution in [0, 0.1) is 18.3 Å². The van der Waals surface area contributed by atoms with Crippen LogP contribution in [0.25, 0.3) is 0 Å². The van der Waals surface area contributed by atoms with Crippen LogP contribution in [0.2, 0.25) is 0 Å². The van der Waals surface area contributed by atoms with Crippen LogP contribution in [0.4, 0.5) is 0 Å². The van der Waals surface area contributed by atoms with Crippen molar-refractivity contribution < 1.29 is 19.4 Å². The molecular formula is C13H20N2O4. The lowest BCUT2D eigenvalue weighted by Crippen LogP contribution is -2.52. The average molecular weight is 268 g/mol. The summed E-state index contributed by atoms with van der Waals surface area (Å²) in [4.78, 5) is 24.9. The van der Waals surface area contributed by atoms with Gasteiger partial charge in [0.05, 0.1) is 25.3 Å². The summed E-state index contributed by atoms with van der Waals surface area (Å²) >= 11 is 0. The Bertz CT molecular complexity index is 377. The normalized spacial score (nSPS) is 23.6. The van der Waals surface area contributed by atoms with Crippen LogP contribution in [0.3, 0.4) is 0 Å². The van der Waals surface area contributed by atoms with Gasteiger partial charge in [0, 0.05) is 13.0 Å². The SMILES string of the molecule is C#CCC(N)C(=O)N(CCC)C1COCC1C(=O)O. The van der Waals surface area contributed by atoms with Gasteiger partial charge in [0.2, 0.25) is 5.91 Å². The van der Waals surface area contributed by atoms with Crippen molar-refractivity contribution in [3.05, 3.63) is 0 Å². The van der Waals surface area contributed by atoms with E-state index in [4.69, 9.17) is 22.0 Å². The predicted molar refractivity (Wildman–Crippen MR) is 69.2 cm³/mol. The molecule has 6 nitrogen and oxygen atoms in total. The molecule has 3 atom stereocenters. The summed E-state index contributed by atoms with van der Waals surface area (Å²) < 4.78 is 5.19. The molecule has 0 spiro atoms. The standard InChI is InChI=1S/C13H20N2O4/c1-3-5-10(14)12(16)15(6-4-2)11-8-19-7-9(11)13(17)18/h1,9-11H,4-8,14H2,2H3,(H,17,18). The van der Waals surface area contributed by atoms with Crippen molar-refractivity contribution in [2.45, 2.75) is 31.8 Å². The molecular weight excluding hydrogens is 248 g/mol. The van der Waals surface area contributed by atoms with E-state index in [1.165, 1.54) is 4.90 Å². The number of nitrogens with two attached hydrogens (primary N) is 1. The summed E-state index contributed by atoms with van der Waals surface area (Å²) in [7, 11) is 0. The molecule has 0 aliphatic carbocycles. The number of hydrogen-bond donors (Lipinski definition) is 2. The minimum absolute atomic E-state index is 0.123. The lowest BCUT2D eigenvalue weighted by atomic mass is 10.0. The third-order valence-electron chi connectivity index (χ3n) is 3.17. The summed E-state index contributed by atoms with van der Waals surface area (Å²) in [6.07, 6.45) is 6.01. The Morgan fingerprint density at radius 3 is 2.79 bits per heavy atom. The summed E-state index contributed by atoms with van der Waals surface area (Å²) in [6.45, 7) is 2.72. The first-order valence-corrected chi connectivity index (χ1v) is 6.33. The second-order valence-electron chi connectivity index (χ2n) is 4.60. The summed E-state index contributed by atoms with van der Waals surface area (Å²) in [6, 6.07) is -1.25. The minimum atomic E-state index is -0.957. The smallest absolute Gasteiger partial charge is 0.311 e. The average Bonchev–Trinajstić information content (AvgIpc) is 2.84. The molecule has 1 heterocycles. The van der Waals surface area contributed by atoms with E-state index in [2.05, 4.69) is 5.92 Å². The Morgan fingerprint density at radius 2 is 2.26 bits per heavy atom. The maximum absolute atomic E-state index is 12.2. The van der Waals surface area contributed by atoms with Gasteiger partial charge in [-0.15, -0.1) is 12.3 Å². The van der Waals surface area contributed by atoms with Crippen LogP contribution in [-0.4, -0.2) is 53.7 Å². The zero-order valence-corrected chi connectivity index (χ0v) is 11.0. The highest BCUT2D eigenvalue weighted by Crippen LogP contribution is 2.21. The third kappa shape index (κ3) is 3.69. The largest absolute Gasteiger partial charge is 0.481 e. The van der Waals surface area contributed by atoms with E-state index >= 15 is 0 Å². The molecule has 3 unspecified atom stereocenters. The number of hydrogen-bond acceptors (Lipinski definition) is 4. The van der Waals surface area contributed by atoms with Gasteiger partial charge in [0.15, 0.2) is 0 Å². The van der Waals surface area contributed by atoms with Crippen LogP contribution in [0.5, 0.6) is 0 Å². The van der Waals surface area contributed by atoms with Gasteiger partial charge < -0.3 is 20.5 Å². The first-order chi connectivity index (χ1) is 9.02. The maximum Gasteiger partial charge on any atom is 0.311 e. The Labute approximate surface area is 112 Å². The molecule has 0 aromatic carbocycles. The van der Waals surface area contributed by atoms with Gasteiger partial charge >= 0.3 is 5.97 Å². The molecule has 0 bridgehead atoms.